The molecule has 1 amide bonds. The first-order chi connectivity index (χ1) is 16.4. The maximum Gasteiger partial charge on any atom is 0.333 e. The molecule has 176 valence electrons. The summed E-state index contributed by atoms with van der Waals surface area (Å²) in [6.07, 6.45) is 1.46. The Labute approximate surface area is 198 Å². The lowest BCUT2D eigenvalue weighted by Crippen LogP contribution is -2.43. The van der Waals surface area contributed by atoms with Crippen molar-refractivity contribution >= 4 is 34.4 Å². The number of benzene rings is 2. The summed E-state index contributed by atoms with van der Waals surface area (Å²) in [4.78, 5) is 43.6. The van der Waals surface area contributed by atoms with E-state index >= 15 is 0 Å². The Bertz CT molecular complexity index is 1460. The van der Waals surface area contributed by atoms with Crippen LogP contribution in [0.25, 0.3) is 11.2 Å². The number of halogens is 2. The molecule has 1 N–H and O–H groups in total. The van der Waals surface area contributed by atoms with E-state index in [1.807, 2.05) is 30.3 Å². The lowest BCUT2D eigenvalue weighted by atomic mass is 10.2. The Morgan fingerprint density at radius 1 is 1.15 bits per heavy atom. The zero-order valence-electron chi connectivity index (χ0n) is 18.2. The van der Waals surface area contributed by atoms with E-state index < -0.39 is 29.5 Å². The van der Waals surface area contributed by atoms with Gasteiger partial charge in [0.1, 0.15) is 12.4 Å². The first kappa shape index (κ1) is 23.4. The highest BCUT2D eigenvalue weighted by atomic mass is 35.5. The van der Waals surface area contributed by atoms with Crippen LogP contribution < -0.4 is 16.6 Å². The number of hydrogen-bond acceptors (Lipinski definition) is 5. The van der Waals surface area contributed by atoms with Crippen molar-refractivity contribution in [3.63, 3.8) is 0 Å². The third kappa shape index (κ3) is 4.78. The van der Waals surface area contributed by atoms with Gasteiger partial charge in [0.25, 0.3) is 5.56 Å². The van der Waals surface area contributed by atoms with Gasteiger partial charge in [-0.1, -0.05) is 41.9 Å². The van der Waals surface area contributed by atoms with Crippen LogP contribution in [0, 0.1) is 5.82 Å². The molecule has 0 radical (unpaired) electrons. The van der Waals surface area contributed by atoms with Crippen LogP contribution in [0.15, 0.2) is 64.4 Å². The second-order valence-corrected chi connectivity index (χ2v) is 7.96. The van der Waals surface area contributed by atoms with Crippen molar-refractivity contribution in [2.75, 3.05) is 19.0 Å². The van der Waals surface area contributed by atoms with Crippen LogP contribution in [-0.4, -0.2) is 38.3 Å². The minimum absolute atomic E-state index is 0.141. The lowest BCUT2D eigenvalue weighted by molar-refractivity contribution is -0.116. The summed E-state index contributed by atoms with van der Waals surface area (Å²) in [5, 5.41) is 2.59. The fourth-order valence-electron chi connectivity index (χ4n) is 3.57. The van der Waals surface area contributed by atoms with Gasteiger partial charge in [-0.15, -0.1) is 0 Å². The van der Waals surface area contributed by atoms with E-state index in [4.69, 9.17) is 16.3 Å². The zero-order valence-corrected chi connectivity index (χ0v) is 19.0. The number of aromatic nitrogens is 4. The van der Waals surface area contributed by atoms with Crippen LogP contribution in [-0.2, 0) is 29.2 Å². The molecule has 0 unspecified atom stereocenters. The highest BCUT2D eigenvalue weighted by Gasteiger charge is 2.20. The summed E-state index contributed by atoms with van der Waals surface area (Å²) in [6.45, 7) is 0.162. The molecule has 34 heavy (non-hydrogen) atoms. The van der Waals surface area contributed by atoms with Crippen LogP contribution in [0.1, 0.15) is 5.56 Å². The number of methoxy groups -OCH3 is 1. The molecule has 4 rings (SSSR count). The van der Waals surface area contributed by atoms with Gasteiger partial charge < -0.3 is 14.6 Å². The van der Waals surface area contributed by atoms with Gasteiger partial charge in [0, 0.05) is 18.7 Å². The first-order valence-corrected chi connectivity index (χ1v) is 10.7. The monoisotopic (exact) mass is 485 g/mol. The number of nitrogens with zero attached hydrogens (tertiary/aromatic N) is 4. The minimum atomic E-state index is -0.756. The van der Waals surface area contributed by atoms with Crippen LogP contribution in [0.5, 0.6) is 0 Å². The maximum atomic E-state index is 14.0. The second kappa shape index (κ2) is 10.0. The van der Waals surface area contributed by atoms with Crippen molar-refractivity contribution in [3.05, 3.63) is 92.1 Å². The normalized spacial score (nSPS) is 11.1. The summed E-state index contributed by atoms with van der Waals surface area (Å²) < 4.78 is 22.9. The Balaban J connectivity index is 1.78. The fraction of sp³-hybridized carbons (Fsp3) is 0.217. The molecule has 0 saturated carbocycles. The quantitative estimate of drug-likeness (QED) is 0.413. The molecular formula is C23H21ClFN5O4. The Kier molecular flexibility index (Phi) is 6.90. The van der Waals surface area contributed by atoms with Gasteiger partial charge in [0.15, 0.2) is 11.2 Å². The predicted molar refractivity (Wildman–Crippen MR) is 126 cm³/mol. The van der Waals surface area contributed by atoms with Crippen molar-refractivity contribution in [3.8, 4) is 0 Å². The molecule has 2 aromatic heterocycles. The van der Waals surface area contributed by atoms with E-state index in [-0.39, 0.29) is 28.4 Å². The molecule has 4 aromatic rings. The SMILES string of the molecule is COCCn1cnc2c1c(=O)n(CC(=O)Nc1cc(Cl)ccc1F)c(=O)n2Cc1ccccc1. The topological polar surface area (TPSA) is 100 Å². The second-order valence-electron chi connectivity index (χ2n) is 7.52. The minimum Gasteiger partial charge on any atom is -0.383 e. The molecule has 0 fully saturated rings. The van der Waals surface area contributed by atoms with E-state index in [2.05, 4.69) is 10.3 Å². The van der Waals surface area contributed by atoms with Gasteiger partial charge in [0.2, 0.25) is 5.91 Å². The standard InChI is InChI=1S/C23H21ClFN5O4/c1-34-10-9-28-14-26-21-20(28)22(32)30(23(33)29(21)12-15-5-3-2-4-6-15)13-19(31)27-18-11-16(24)7-8-17(18)25/h2-8,11,14H,9-10,12-13H2,1H3,(H,27,31). The first-order valence-electron chi connectivity index (χ1n) is 10.3. The molecule has 0 aliphatic rings. The molecule has 2 aromatic carbocycles. The summed E-state index contributed by atoms with van der Waals surface area (Å²) in [6, 6.07) is 12.9. The van der Waals surface area contributed by atoms with Gasteiger partial charge in [0.05, 0.1) is 25.2 Å². The molecule has 11 heteroatoms. The number of hydrogen-bond donors (Lipinski definition) is 1. The predicted octanol–water partition coefficient (Wildman–Crippen LogP) is 2.49. The molecular weight excluding hydrogens is 465 g/mol. The van der Waals surface area contributed by atoms with E-state index in [0.717, 1.165) is 16.2 Å². The molecule has 0 atom stereocenters. The third-order valence-electron chi connectivity index (χ3n) is 5.21. The maximum absolute atomic E-state index is 14.0. The number of carbonyl (C=O) groups is 1. The zero-order chi connectivity index (χ0) is 24.2. The molecule has 0 aliphatic carbocycles. The van der Waals surface area contributed by atoms with Gasteiger partial charge in [-0.25, -0.2) is 18.7 Å². The molecule has 0 bridgehead atoms. The summed E-state index contributed by atoms with van der Waals surface area (Å²) in [5.74, 6) is -1.45. The van der Waals surface area contributed by atoms with Crippen molar-refractivity contribution < 1.29 is 13.9 Å². The average Bonchev–Trinajstić information content (AvgIpc) is 3.25. The Hall–Kier alpha value is -3.76. The Morgan fingerprint density at radius 3 is 2.65 bits per heavy atom. The molecule has 2 heterocycles. The summed E-state index contributed by atoms with van der Waals surface area (Å²) in [7, 11) is 1.53. The number of ether oxygens (including phenoxy) is 1. The molecule has 9 nitrogen and oxygen atoms in total. The number of carbonyl (C=O) groups excluding carboxylic acids is 1. The van der Waals surface area contributed by atoms with E-state index in [1.165, 1.54) is 30.1 Å². The molecule has 0 saturated heterocycles. The van der Waals surface area contributed by atoms with E-state index in [0.29, 0.717) is 13.2 Å². The molecule has 0 aliphatic heterocycles. The number of fused-ring (bicyclic) bond motifs is 1. The van der Waals surface area contributed by atoms with E-state index in [1.54, 1.807) is 4.57 Å². The Morgan fingerprint density at radius 2 is 1.91 bits per heavy atom. The van der Waals surface area contributed by atoms with Crippen molar-refractivity contribution in [1.82, 2.24) is 18.7 Å². The largest absolute Gasteiger partial charge is 0.383 e. The summed E-state index contributed by atoms with van der Waals surface area (Å²) in [5.41, 5.74) is -0.365. The van der Waals surface area contributed by atoms with E-state index in [9.17, 15) is 18.8 Å². The summed E-state index contributed by atoms with van der Waals surface area (Å²) >= 11 is 5.87. The van der Waals surface area contributed by atoms with Crippen LogP contribution >= 0.6 is 11.6 Å². The number of nitrogens with one attached hydrogen (secondary N) is 1. The van der Waals surface area contributed by atoms with Crippen molar-refractivity contribution in [2.24, 2.45) is 0 Å². The smallest absolute Gasteiger partial charge is 0.333 e. The highest BCUT2D eigenvalue weighted by molar-refractivity contribution is 6.30. The van der Waals surface area contributed by atoms with Crippen LogP contribution in [0.2, 0.25) is 5.02 Å². The van der Waals surface area contributed by atoms with Gasteiger partial charge in [-0.2, -0.15) is 0 Å². The fourth-order valence-corrected chi connectivity index (χ4v) is 3.74. The number of anilines is 1. The van der Waals surface area contributed by atoms with Gasteiger partial charge >= 0.3 is 5.69 Å². The average molecular weight is 486 g/mol. The van der Waals surface area contributed by atoms with Crippen LogP contribution in [0.4, 0.5) is 10.1 Å². The van der Waals surface area contributed by atoms with Crippen LogP contribution in [0.3, 0.4) is 0 Å². The number of amides is 1. The van der Waals surface area contributed by atoms with Gasteiger partial charge in [-0.05, 0) is 23.8 Å². The van der Waals surface area contributed by atoms with Gasteiger partial charge in [-0.3, -0.25) is 14.2 Å². The molecule has 0 spiro atoms. The van der Waals surface area contributed by atoms with Crippen molar-refractivity contribution in [1.29, 1.82) is 0 Å². The number of rotatable bonds is 8. The number of imidazole rings is 1. The lowest BCUT2D eigenvalue weighted by Gasteiger charge is -2.13. The third-order valence-corrected chi connectivity index (χ3v) is 5.44. The highest BCUT2D eigenvalue weighted by Crippen LogP contribution is 2.19. The van der Waals surface area contributed by atoms with Crippen molar-refractivity contribution in [2.45, 2.75) is 19.6 Å².